The minimum absolute atomic E-state index is 0.00438. The van der Waals surface area contributed by atoms with Gasteiger partial charge in [-0.25, -0.2) is 0 Å². The number of nitrogens with zero attached hydrogens (tertiary/aromatic N) is 1. The molecule has 0 unspecified atom stereocenters. The molecule has 0 saturated heterocycles. The summed E-state index contributed by atoms with van der Waals surface area (Å²) in [6.45, 7) is 4.05. The van der Waals surface area contributed by atoms with Gasteiger partial charge in [0, 0.05) is 11.3 Å². The van der Waals surface area contributed by atoms with Gasteiger partial charge in [0.1, 0.15) is 5.75 Å². The van der Waals surface area contributed by atoms with Gasteiger partial charge in [0.25, 0.3) is 5.91 Å². The molecule has 27 heavy (non-hydrogen) atoms. The highest BCUT2D eigenvalue weighted by molar-refractivity contribution is 6.38. The van der Waals surface area contributed by atoms with Gasteiger partial charge in [-0.05, 0) is 66.9 Å². The number of hydrogen-bond donors (Lipinski definition) is 0. The lowest BCUT2D eigenvalue weighted by atomic mass is 9.99. The predicted molar refractivity (Wildman–Crippen MR) is 110 cm³/mol. The second-order valence-electron chi connectivity index (χ2n) is 6.73. The Bertz CT molecular complexity index is 1050. The topological polar surface area (TPSA) is 29.5 Å². The van der Waals surface area contributed by atoms with Crippen molar-refractivity contribution in [2.45, 2.75) is 13.8 Å². The molecule has 1 amide bonds. The lowest BCUT2D eigenvalue weighted by Gasteiger charge is -2.16. The maximum Gasteiger partial charge on any atom is 0.263 e. The number of aryl methyl sites for hydroxylation is 2. The van der Waals surface area contributed by atoms with Crippen LogP contribution in [0.3, 0.4) is 0 Å². The number of ether oxygens (including phenoxy) is 1. The van der Waals surface area contributed by atoms with E-state index in [1.807, 2.05) is 80.6 Å². The van der Waals surface area contributed by atoms with Crippen molar-refractivity contribution in [3.05, 3.63) is 89.0 Å². The van der Waals surface area contributed by atoms with E-state index in [0.717, 1.165) is 39.4 Å². The molecule has 3 aromatic carbocycles. The Morgan fingerprint density at radius 1 is 0.889 bits per heavy atom. The molecule has 0 bridgehead atoms. The first kappa shape index (κ1) is 17.1. The fourth-order valence-electron chi connectivity index (χ4n) is 3.56. The monoisotopic (exact) mass is 355 g/mol. The number of carbonyl (C=O) groups is 1. The summed E-state index contributed by atoms with van der Waals surface area (Å²) in [7, 11) is 1.67. The summed E-state index contributed by atoms with van der Waals surface area (Å²) in [6.07, 6.45) is 1.99. The lowest BCUT2D eigenvalue weighted by Crippen LogP contribution is -2.20. The molecular weight excluding hydrogens is 334 g/mol. The molecule has 1 aliphatic rings. The van der Waals surface area contributed by atoms with Crippen LogP contribution in [0, 0.1) is 13.8 Å². The molecule has 3 heteroatoms. The molecule has 1 aliphatic heterocycles. The molecule has 4 rings (SSSR count). The van der Waals surface area contributed by atoms with Gasteiger partial charge in [-0.3, -0.25) is 9.69 Å². The van der Waals surface area contributed by atoms with E-state index in [9.17, 15) is 4.79 Å². The highest BCUT2D eigenvalue weighted by Crippen LogP contribution is 2.42. The Morgan fingerprint density at radius 3 is 2.33 bits per heavy atom. The standard InChI is InChI=1S/C24H21NO2/c1-16-14-23(27-3)17(2)13-18(16)15-21-20-11-7-8-12-22(20)25(24(21)26)19-9-5-4-6-10-19/h4-15H,1-3H3/b21-15+. The Labute approximate surface area is 159 Å². The summed E-state index contributed by atoms with van der Waals surface area (Å²) in [5, 5.41) is 0. The van der Waals surface area contributed by atoms with Gasteiger partial charge in [0.15, 0.2) is 0 Å². The number of hydrogen-bond acceptors (Lipinski definition) is 2. The van der Waals surface area contributed by atoms with Crippen LogP contribution in [0.5, 0.6) is 5.75 Å². The van der Waals surface area contributed by atoms with Gasteiger partial charge < -0.3 is 4.74 Å². The van der Waals surface area contributed by atoms with Crippen LogP contribution in [0.25, 0.3) is 11.6 Å². The van der Waals surface area contributed by atoms with Crippen LogP contribution in [-0.2, 0) is 4.79 Å². The summed E-state index contributed by atoms with van der Waals surface area (Å²) in [6, 6.07) is 21.8. The summed E-state index contributed by atoms with van der Waals surface area (Å²) >= 11 is 0. The number of amides is 1. The summed E-state index contributed by atoms with van der Waals surface area (Å²) < 4.78 is 5.41. The van der Waals surface area contributed by atoms with E-state index in [1.54, 1.807) is 12.0 Å². The molecule has 1 heterocycles. The maximum absolute atomic E-state index is 13.3. The Hall–Kier alpha value is -3.33. The maximum atomic E-state index is 13.3. The Kier molecular flexibility index (Phi) is 4.28. The fourth-order valence-corrected chi connectivity index (χ4v) is 3.56. The third-order valence-corrected chi connectivity index (χ3v) is 4.97. The molecule has 3 nitrogen and oxygen atoms in total. The summed E-state index contributed by atoms with van der Waals surface area (Å²) in [4.78, 5) is 15.1. The van der Waals surface area contributed by atoms with E-state index in [2.05, 4.69) is 6.07 Å². The molecule has 0 saturated carbocycles. The average Bonchev–Trinajstić information content (AvgIpc) is 2.97. The molecule has 0 radical (unpaired) electrons. The molecule has 0 aliphatic carbocycles. The molecule has 0 spiro atoms. The van der Waals surface area contributed by atoms with E-state index >= 15 is 0 Å². The zero-order chi connectivity index (χ0) is 19.0. The molecule has 3 aromatic rings. The van der Waals surface area contributed by atoms with Crippen LogP contribution in [0.2, 0.25) is 0 Å². The molecule has 0 N–H and O–H groups in total. The first-order valence-corrected chi connectivity index (χ1v) is 8.96. The number of rotatable bonds is 3. The minimum Gasteiger partial charge on any atom is -0.496 e. The second-order valence-corrected chi connectivity index (χ2v) is 6.73. The molecular formula is C24H21NO2. The predicted octanol–water partition coefficient (Wildman–Crippen LogP) is 5.53. The highest BCUT2D eigenvalue weighted by Gasteiger charge is 2.33. The van der Waals surface area contributed by atoms with Crippen LogP contribution in [0.15, 0.2) is 66.7 Å². The third-order valence-electron chi connectivity index (χ3n) is 4.97. The Morgan fingerprint density at radius 2 is 1.59 bits per heavy atom. The van der Waals surface area contributed by atoms with Crippen molar-refractivity contribution in [2.75, 3.05) is 12.0 Å². The highest BCUT2D eigenvalue weighted by atomic mass is 16.5. The first-order chi connectivity index (χ1) is 13.1. The van der Waals surface area contributed by atoms with Crippen molar-refractivity contribution >= 4 is 28.9 Å². The normalized spacial score (nSPS) is 14.6. The van der Waals surface area contributed by atoms with Gasteiger partial charge >= 0.3 is 0 Å². The summed E-state index contributed by atoms with van der Waals surface area (Å²) in [5.74, 6) is 0.856. The van der Waals surface area contributed by atoms with Crippen LogP contribution in [0.4, 0.5) is 11.4 Å². The molecule has 134 valence electrons. The zero-order valence-electron chi connectivity index (χ0n) is 15.7. The van der Waals surface area contributed by atoms with Gasteiger partial charge in [-0.1, -0.05) is 36.4 Å². The molecule has 0 atom stereocenters. The van der Waals surface area contributed by atoms with Crippen molar-refractivity contribution in [1.29, 1.82) is 0 Å². The van der Waals surface area contributed by atoms with Crippen molar-refractivity contribution in [1.82, 2.24) is 0 Å². The van der Waals surface area contributed by atoms with Gasteiger partial charge in [0.2, 0.25) is 0 Å². The van der Waals surface area contributed by atoms with Gasteiger partial charge in [-0.15, -0.1) is 0 Å². The van der Waals surface area contributed by atoms with Crippen molar-refractivity contribution in [3.8, 4) is 5.75 Å². The van der Waals surface area contributed by atoms with Crippen LogP contribution in [0.1, 0.15) is 22.3 Å². The van der Waals surface area contributed by atoms with Gasteiger partial charge in [-0.2, -0.15) is 0 Å². The number of methoxy groups -OCH3 is 1. The van der Waals surface area contributed by atoms with Crippen LogP contribution >= 0.6 is 0 Å². The number of fused-ring (bicyclic) bond motifs is 1. The van der Waals surface area contributed by atoms with Crippen molar-refractivity contribution < 1.29 is 9.53 Å². The smallest absolute Gasteiger partial charge is 0.263 e. The van der Waals surface area contributed by atoms with E-state index in [4.69, 9.17) is 4.74 Å². The van der Waals surface area contributed by atoms with E-state index in [1.165, 1.54) is 0 Å². The molecule has 0 aromatic heterocycles. The van der Waals surface area contributed by atoms with E-state index in [-0.39, 0.29) is 5.91 Å². The lowest BCUT2D eigenvalue weighted by molar-refractivity contribution is -0.112. The number of para-hydroxylation sites is 2. The quantitative estimate of drug-likeness (QED) is 0.578. The fraction of sp³-hybridized carbons (Fsp3) is 0.125. The van der Waals surface area contributed by atoms with E-state index in [0.29, 0.717) is 5.57 Å². The second kappa shape index (κ2) is 6.76. The number of benzene rings is 3. The van der Waals surface area contributed by atoms with Crippen LogP contribution < -0.4 is 9.64 Å². The van der Waals surface area contributed by atoms with Crippen molar-refractivity contribution in [3.63, 3.8) is 0 Å². The summed E-state index contributed by atoms with van der Waals surface area (Å²) in [5.41, 5.74) is 6.62. The zero-order valence-corrected chi connectivity index (χ0v) is 15.7. The minimum atomic E-state index is -0.00438. The first-order valence-electron chi connectivity index (χ1n) is 8.96. The molecule has 0 fully saturated rings. The van der Waals surface area contributed by atoms with Crippen molar-refractivity contribution in [2.24, 2.45) is 0 Å². The number of anilines is 2. The average molecular weight is 355 g/mol. The number of carbonyl (C=O) groups excluding carboxylic acids is 1. The van der Waals surface area contributed by atoms with Crippen LogP contribution in [-0.4, -0.2) is 13.0 Å². The van der Waals surface area contributed by atoms with Gasteiger partial charge in [0.05, 0.1) is 18.4 Å². The largest absolute Gasteiger partial charge is 0.496 e. The Balaban J connectivity index is 1.86. The SMILES string of the molecule is COc1cc(C)c(/C=C2/C(=O)N(c3ccccc3)c3ccccc32)cc1C. The third kappa shape index (κ3) is 2.91. The van der Waals surface area contributed by atoms with E-state index < -0.39 is 0 Å².